The van der Waals surface area contributed by atoms with Crippen LogP contribution in [0.5, 0.6) is 0 Å². The lowest BCUT2D eigenvalue weighted by Gasteiger charge is -2.32. The molecule has 11 heteroatoms. The molecule has 0 spiro atoms. The number of carbonyl (C=O) groups excluding carboxylic acids is 1. The number of anilines is 1. The first kappa shape index (κ1) is 21.9. The van der Waals surface area contributed by atoms with Crippen molar-refractivity contribution in [2.24, 2.45) is 0 Å². The van der Waals surface area contributed by atoms with E-state index in [4.69, 9.17) is 15.2 Å². The summed E-state index contributed by atoms with van der Waals surface area (Å²) in [4.78, 5) is 25.1. The van der Waals surface area contributed by atoms with Crippen molar-refractivity contribution in [3.05, 3.63) is 12.7 Å². The summed E-state index contributed by atoms with van der Waals surface area (Å²) >= 11 is 0. The van der Waals surface area contributed by atoms with Gasteiger partial charge in [-0.3, -0.25) is 9.36 Å². The van der Waals surface area contributed by atoms with Crippen LogP contribution in [0, 0.1) is 11.8 Å². The average molecular weight is 418 g/mol. The maximum Gasteiger partial charge on any atom is 0.211 e. The number of nitrogens with two attached hydrogens (primary N) is 1. The smallest absolute Gasteiger partial charge is 0.211 e. The van der Waals surface area contributed by atoms with E-state index in [2.05, 4.69) is 26.8 Å². The quantitative estimate of drug-likeness (QED) is 0.297. The number of amides is 1. The normalized spacial score (nSPS) is 24.4. The number of likely N-dealkylation sites (N-methyl/N-ethyl adjacent to an activating group) is 1. The summed E-state index contributed by atoms with van der Waals surface area (Å²) < 4.78 is 13.2. The molecule has 0 bridgehead atoms. The molecule has 1 amide bonds. The molecule has 2 aromatic heterocycles. The van der Waals surface area contributed by atoms with Crippen LogP contribution in [-0.4, -0.2) is 78.7 Å². The first-order chi connectivity index (χ1) is 14.5. The lowest BCUT2D eigenvalue weighted by atomic mass is 10.1. The minimum Gasteiger partial charge on any atom is -0.387 e. The average Bonchev–Trinajstić information content (AvgIpc) is 3.30. The molecular weight excluding hydrogens is 392 g/mol. The molecule has 3 rings (SSSR count). The van der Waals surface area contributed by atoms with Gasteiger partial charge in [0.05, 0.1) is 6.33 Å². The molecule has 0 radical (unpaired) electrons. The summed E-state index contributed by atoms with van der Waals surface area (Å²) in [5, 5.41) is 21.3. The van der Waals surface area contributed by atoms with Gasteiger partial charge < -0.3 is 30.3 Å². The van der Waals surface area contributed by atoms with E-state index in [1.54, 1.807) is 6.92 Å². The third kappa shape index (κ3) is 4.22. The molecule has 1 unspecified atom stereocenters. The second-order valence-corrected chi connectivity index (χ2v) is 6.80. The number of imidazole rings is 1. The van der Waals surface area contributed by atoms with Crippen LogP contribution in [0.3, 0.4) is 0 Å². The SMILES string of the molecule is CCCC#CCOC([C@H]1O[C@@H](n2cnc3c(N)ncnc32)[C@H](O)[C@@H]1O)N(C=O)CC. The second kappa shape index (κ2) is 9.82. The van der Waals surface area contributed by atoms with E-state index in [1.165, 1.54) is 22.1 Å². The van der Waals surface area contributed by atoms with E-state index in [-0.39, 0.29) is 12.4 Å². The highest BCUT2D eigenvalue weighted by atomic mass is 16.6. The first-order valence-electron chi connectivity index (χ1n) is 9.76. The zero-order chi connectivity index (χ0) is 21.7. The van der Waals surface area contributed by atoms with E-state index < -0.39 is 30.8 Å². The third-order valence-electron chi connectivity index (χ3n) is 4.87. The third-order valence-corrected chi connectivity index (χ3v) is 4.87. The molecule has 1 fully saturated rings. The monoisotopic (exact) mass is 418 g/mol. The van der Waals surface area contributed by atoms with Gasteiger partial charge in [0.2, 0.25) is 6.41 Å². The zero-order valence-electron chi connectivity index (χ0n) is 16.9. The van der Waals surface area contributed by atoms with Gasteiger partial charge in [-0.15, -0.1) is 5.92 Å². The predicted molar refractivity (Wildman–Crippen MR) is 107 cm³/mol. The largest absolute Gasteiger partial charge is 0.387 e. The molecule has 1 saturated heterocycles. The fraction of sp³-hybridized carbons (Fsp3) is 0.579. The Morgan fingerprint density at radius 1 is 1.33 bits per heavy atom. The van der Waals surface area contributed by atoms with Crippen molar-refractivity contribution in [3.8, 4) is 11.8 Å². The number of fused-ring (bicyclic) bond motifs is 1. The summed E-state index contributed by atoms with van der Waals surface area (Å²) in [7, 11) is 0. The van der Waals surface area contributed by atoms with Crippen molar-refractivity contribution >= 4 is 23.4 Å². The van der Waals surface area contributed by atoms with E-state index in [1.807, 2.05) is 6.92 Å². The number of aromatic nitrogens is 4. The second-order valence-electron chi connectivity index (χ2n) is 6.80. The van der Waals surface area contributed by atoms with Gasteiger partial charge in [-0.2, -0.15) is 0 Å². The Balaban J connectivity index is 1.85. The van der Waals surface area contributed by atoms with Crippen LogP contribution in [0.1, 0.15) is 32.9 Å². The van der Waals surface area contributed by atoms with Gasteiger partial charge in [0.25, 0.3) is 0 Å². The van der Waals surface area contributed by atoms with Crippen LogP contribution >= 0.6 is 0 Å². The molecule has 0 aliphatic carbocycles. The van der Waals surface area contributed by atoms with Crippen LogP contribution < -0.4 is 5.73 Å². The van der Waals surface area contributed by atoms with Crippen LogP contribution in [0.2, 0.25) is 0 Å². The molecule has 4 N–H and O–H groups in total. The Morgan fingerprint density at radius 2 is 2.13 bits per heavy atom. The number of nitrogens with zero attached hydrogens (tertiary/aromatic N) is 5. The highest BCUT2D eigenvalue weighted by molar-refractivity contribution is 5.81. The number of aliphatic hydroxyl groups is 2. The van der Waals surface area contributed by atoms with E-state index >= 15 is 0 Å². The van der Waals surface area contributed by atoms with Crippen molar-refractivity contribution in [2.45, 2.75) is 57.5 Å². The number of carbonyl (C=O) groups is 1. The van der Waals surface area contributed by atoms with Gasteiger partial charge in [0.1, 0.15) is 36.8 Å². The number of unbranched alkanes of at least 4 members (excludes halogenated alkanes) is 1. The molecule has 0 saturated carbocycles. The Morgan fingerprint density at radius 3 is 2.83 bits per heavy atom. The van der Waals surface area contributed by atoms with E-state index in [0.717, 1.165) is 12.8 Å². The minimum atomic E-state index is -1.32. The summed E-state index contributed by atoms with van der Waals surface area (Å²) in [5.41, 5.74) is 6.52. The topological polar surface area (TPSA) is 149 Å². The molecule has 2 aromatic rings. The van der Waals surface area contributed by atoms with Gasteiger partial charge in [-0.05, 0) is 13.3 Å². The first-order valence-corrected chi connectivity index (χ1v) is 9.76. The highest BCUT2D eigenvalue weighted by Gasteiger charge is 2.49. The fourth-order valence-corrected chi connectivity index (χ4v) is 3.29. The Bertz CT molecular complexity index is 925. The van der Waals surface area contributed by atoms with Crippen molar-refractivity contribution in [1.82, 2.24) is 24.4 Å². The molecule has 11 nitrogen and oxygen atoms in total. The number of nitrogen functional groups attached to an aromatic ring is 1. The fourth-order valence-electron chi connectivity index (χ4n) is 3.29. The summed E-state index contributed by atoms with van der Waals surface area (Å²) in [6, 6.07) is 0. The van der Waals surface area contributed by atoms with Crippen molar-refractivity contribution in [3.63, 3.8) is 0 Å². The summed E-state index contributed by atoms with van der Waals surface area (Å²) in [6.07, 6.45) is -0.641. The highest BCUT2D eigenvalue weighted by Crippen LogP contribution is 2.34. The van der Waals surface area contributed by atoms with Crippen molar-refractivity contribution in [2.75, 3.05) is 18.9 Å². The van der Waals surface area contributed by atoms with Crippen LogP contribution in [0.25, 0.3) is 11.2 Å². The molecule has 3 heterocycles. The number of hydrogen-bond acceptors (Lipinski definition) is 9. The molecule has 1 aliphatic heterocycles. The number of aliphatic hydroxyl groups excluding tert-OH is 2. The van der Waals surface area contributed by atoms with Crippen molar-refractivity contribution < 1.29 is 24.5 Å². The Labute approximate surface area is 173 Å². The van der Waals surface area contributed by atoms with E-state index in [9.17, 15) is 15.0 Å². The molecule has 5 atom stereocenters. The number of rotatable bonds is 8. The molecule has 162 valence electrons. The lowest BCUT2D eigenvalue weighted by molar-refractivity contribution is -0.165. The van der Waals surface area contributed by atoms with Gasteiger partial charge in [0, 0.05) is 13.0 Å². The van der Waals surface area contributed by atoms with E-state index in [0.29, 0.717) is 24.1 Å². The maximum absolute atomic E-state index is 11.5. The van der Waals surface area contributed by atoms with Gasteiger partial charge in [-0.25, -0.2) is 15.0 Å². The summed E-state index contributed by atoms with van der Waals surface area (Å²) in [5.74, 6) is 6.03. The minimum absolute atomic E-state index is 0.0557. The maximum atomic E-state index is 11.5. The molecular formula is C19H26N6O5. The molecule has 0 aromatic carbocycles. The number of hydrogen-bond donors (Lipinski definition) is 3. The Hall–Kier alpha value is -2.78. The summed E-state index contributed by atoms with van der Waals surface area (Å²) in [6.45, 7) is 4.17. The zero-order valence-corrected chi connectivity index (χ0v) is 16.9. The molecule has 30 heavy (non-hydrogen) atoms. The Kier molecular flexibility index (Phi) is 7.17. The van der Waals surface area contributed by atoms with Crippen LogP contribution in [-0.2, 0) is 14.3 Å². The standard InChI is InChI=1S/C19H26N6O5/c1-3-5-6-7-8-29-19(24(4-2)11-26)15-13(27)14(28)18(30-15)25-10-23-12-16(20)21-9-22-17(12)25/h9-11,13-15,18-19,27-28H,3-5,8H2,1-2H3,(H2,20,21,22)/t13-,14+,15-,18+,19?/m0/s1. The lowest BCUT2D eigenvalue weighted by Crippen LogP contribution is -2.50. The van der Waals surface area contributed by atoms with Crippen LogP contribution in [0.4, 0.5) is 5.82 Å². The predicted octanol–water partition coefficient (Wildman–Crippen LogP) is -0.348. The van der Waals surface area contributed by atoms with Crippen molar-refractivity contribution in [1.29, 1.82) is 0 Å². The van der Waals surface area contributed by atoms with Gasteiger partial charge in [0.15, 0.2) is 23.9 Å². The number of ether oxygens (including phenoxy) is 2. The molecule has 1 aliphatic rings. The van der Waals surface area contributed by atoms with Gasteiger partial charge in [-0.1, -0.05) is 12.8 Å². The van der Waals surface area contributed by atoms with Crippen LogP contribution in [0.15, 0.2) is 12.7 Å². The van der Waals surface area contributed by atoms with Gasteiger partial charge >= 0.3 is 0 Å².